The Kier molecular flexibility index (Phi) is 2.93. The Balaban J connectivity index is 0.000000640. The van der Waals surface area contributed by atoms with E-state index in [-0.39, 0.29) is 7.43 Å². The van der Waals surface area contributed by atoms with Crippen LogP contribution in [0.3, 0.4) is 0 Å². The highest BCUT2D eigenvalue weighted by Crippen LogP contribution is 1.83. The van der Waals surface area contributed by atoms with Gasteiger partial charge in [-0.2, -0.15) is 0 Å². The van der Waals surface area contributed by atoms with Crippen molar-refractivity contribution >= 4 is 0 Å². The average Bonchev–Trinajstić information content (AvgIpc) is 1.77. The lowest BCUT2D eigenvalue weighted by Crippen LogP contribution is -2.30. The van der Waals surface area contributed by atoms with Crippen LogP contribution >= 0.6 is 0 Å². The summed E-state index contributed by atoms with van der Waals surface area (Å²) in [5, 5.41) is 0. The van der Waals surface area contributed by atoms with E-state index in [1.165, 1.54) is 5.69 Å². The van der Waals surface area contributed by atoms with Gasteiger partial charge in [-0.05, 0) is 0 Å². The Morgan fingerprint density at radius 3 is 2.33 bits per heavy atom. The first-order valence-corrected chi connectivity index (χ1v) is 2.72. The number of hydrogen-bond donors (Lipinski definition) is 0. The van der Waals surface area contributed by atoms with Crippen LogP contribution in [0.15, 0.2) is 24.4 Å². The Labute approximate surface area is 57.0 Å². The molecule has 0 radical (unpaired) electrons. The second-order valence-corrected chi connectivity index (χ2v) is 1.95. The third kappa shape index (κ3) is 1.84. The van der Waals surface area contributed by atoms with Gasteiger partial charge in [-0.1, -0.05) is 13.5 Å². The lowest BCUT2D eigenvalue weighted by molar-refractivity contribution is -0.677. The maximum atomic E-state index is 2.08. The van der Waals surface area contributed by atoms with Crippen LogP contribution in [0.25, 0.3) is 0 Å². The third-order valence-electron chi connectivity index (χ3n) is 1.31. The summed E-state index contributed by atoms with van der Waals surface area (Å²) >= 11 is 0. The Hall–Kier alpha value is -0.850. The summed E-state index contributed by atoms with van der Waals surface area (Å²) < 4.78 is 2.08. The zero-order chi connectivity index (χ0) is 5.98. The van der Waals surface area contributed by atoms with Crippen molar-refractivity contribution < 1.29 is 4.57 Å². The molecule has 0 N–H and O–H groups in total. The van der Waals surface area contributed by atoms with Gasteiger partial charge in [0.1, 0.15) is 7.05 Å². The molecular formula is C8H14N+. The van der Waals surface area contributed by atoms with Crippen LogP contribution in [0.5, 0.6) is 0 Å². The summed E-state index contributed by atoms with van der Waals surface area (Å²) in [5.74, 6) is 0. The molecule has 0 atom stereocenters. The van der Waals surface area contributed by atoms with E-state index in [1.807, 2.05) is 25.4 Å². The fraction of sp³-hybridized carbons (Fsp3) is 0.375. The predicted molar refractivity (Wildman–Crippen MR) is 39.1 cm³/mol. The molecule has 0 bridgehead atoms. The predicted octanol–water partition coefficient (Wildman–Crippen LogP) is 1.46. The number of pyridine rings is 1. The van der Waals surface area contributed by atoms with Gasteiger partial charge in [-0.15, -0.1) is 0 Å². The topological polar surface area (TPSA) is 3.88 Å². The first kappa shape index (κ1) is 8.15. The molecule has 0 aliphatic rings. The van der Waals surface area contributed by atoms with Gasteiger partial charge in [-0.25, -0.2) is 4.57 Å². The van der Waals surface area contributed by atoms with Crippen molar-refractivity contribution in [2.45, 2.75) is 14.4 Å². The van der Waals surface area contributed by atoms with Gasteiger partial charge >= 0.3 is 0 Å². The number of hydrogen-bond acceptors (Lipinski definition) is 0. The van der Waals surface area contributed by atoms with Crippen molar-refractivity contribution in [3.8, 4) is 0 Å². The molecule has 1 heterocycles. The first-order chi connectivity index (χ1) is 3.80. The van der Waals surface area contributed by atoms with E-state index < -0.39 is 0 Å². The smallest absolute Gasteiger partial charge is 0.177 e. The molecule has 0 aliphatic heterocycles. The van der Waals surface area contributed by atoms with Crippen LogP contribution in [0.1, 0.15) is 13.1 Å². The maximum absolute atomic E-state index is 2.08. The van der Waals surface area contributed by atoms with Crippen LogP contribution in [-0.2, 0) is 7.05 Å². The summed E-state index contributed by atoms with van der Waals surface area (Å²) in [6.45, 7) is 2.08. The average molecular weight is 124 g/mol. The summed E-state index contributed by atoms with van der Waals surface area (Å²) in [6.07, 6.45) is 2.04. The van der Waals surface area contributed by atoms with Gasteiger partial charge in [0.15, 0.2) is 11.9 Å². The maximum Gasteiger partial charge on any atom is 0.177 e. The van der Waals surface area contributed by atoms with E-state index in [2.05, 4.69) is 17.6 Å². The SMILES string of the molecule is C.Cc1cccc[n+]1C. The van der Waals surface area contributed by atoms with Crippen molar-refractivity contribution in [2.24, 2.45) is 7.05 Å². The molecule has 0 saturated heterocycles. The van der Waals surface area contributed by atoms with Gasteiger partial charge in [0.25, 0.3) is 0 Å². The number of aryl methyl sites for hydroxylation is 2. The Morgan fingerprint density at radius 2 is 2.00 bits per heavy atom. The molecule has 0 spiro atoms. The summed E-state index contributed by atoms with van der Waals surface area (Å²) in [5.41, 5.74) is 1.28. The molecule has 0 amide bonds. The molecule has 1 aromatic heterocycles. The zero-order valence-corrected chi connectivity index (χ0v) is 5.26. The van der Waals surface area contributed by atoms with Gasteiger partial charge in [-0.3, -0.25) is 0 Å². The lowest BCUT2D eigenvalue weighted by atomic mass is 10.4. The normalized spacial score (nSPS) is 8.22. The van der Waals surface area contributed by atoms with Gasteiger partial charge in [0.05, 0.1) is 0 Å². The van der Waals surface area contributed by atoms with E-state index >= 15 is 0 Å². The quantitative estimate of drug-likeness (QED) is 0.461. The van der Waals surface area contributed by atoms with Crippen LogP contribution in [0, 0.1) is 6.92 Å². The van der Waals surface area contributed by atoms with E-state index in [0.717, 1.165) is 0 Å². The molecule has 0 aliphatic carbocycles. The van der Waals surface area contributed by atoms with E-state index in [9.17, 15) is 0 Å². The van der Waals surface area contributed by atoms with Crippen LogP contribution in [-0.4, -0.2) is 0 Å². The Morgan fingerprint density at radius 1 is 1.33 bits per heavy atom. The van der Waals surface area contributed by atoms with E-state index in [4.69, 9.17) is 0 Å². The molecule has 0 fully saturated rings. The minimum absolute atomic E-state index is 0. The first-order valence-electron chi connectivity index (χ1n) is 2.72. The largest absolute Gasteiger partial charge is 0.205 e. The van der Waals surface area contributed by atoms with Crippen LogP contribution < -0.4 is 4.57 Å². The molecule has 50 valence electrons. The molecule has 0 saturated carbocycles. The van der Waals surface area contributed by atoms with Crippen molar-refractivity contribution in [1.82, 2.24) is 0 Å². The summed E-state index contributed by atoms with van der Waals surface area (Å²) in [7, 11) is 2.04. The molecule has 0 aromatic carbocycles. The molecule has 1 heteroatoms. The minimum Gasteiger partial charge on any atom is -0.205 e. The van der Waals surface area contributed by atoms with Crippen molar-refractivity contribution in [3.05, 3.63) is 30.1 Å². The van der Waals surface area contributed by atoms with Gasteiger partial charge < -0.3 is 0 Å². The van der Waals surface area contributed by atoms with Crippen LogP contribution in [0.4, 0.5) is 0 Å². The lowest BCUT2D eigenvalue weighted by Gasteiger charge is -1.87. The molecular weight excluding hydrogens is 110 g/mol. The summed E-state index contributed by atoms with van der Waals surface area (Å²) in [4.78, 5) is 0. The second-order valence-electron chi connectivity index (χ2n) is 1.95. The van der Waals surface area contributed by atoms with Crippen LogP contribution in [0.2, 0.25) is 0 Å². The van der Waals surface area contributed by atoms with Crippen molar-refractivity contribution in [3.63, 3.8) is 0 Å². The van der Waals surface area contributed by atoms with E-state index in [1.54, 1.807) is 0 Å². The number of nitrogens with zero attached hydrogens (tertiary/aromatic N) is 1. The molecule has 1 aromatic rings. The number of rotatable bonds is 0. The summed E-state index contributed by atoms with van der Waals surface area (Å²) in [6, 6.07) is 6.14. The fourth-order valence-electron chi connectivity index (χ4n) is 0.609. The zero-order valence-electron chi connectivity index (χ0n) is 5.26. The number of aromatic nitrogens is 1. The molecule has 1 rings (SSSR count). The third-order valence-corrected chi connectivity index (χ3v) is 1.31. The van der Waals surface area contributed by atoms with Gasteiger partial charge in [0.2, 0.25) is 0 Å². The minimum atomic E-state index is 0. The van der Waals surface area contributed by atoms with Crippen molar-refractivity contribution in [1.29, 1.82) is 0 Å². The highest BCUT2D eigenvalue weighted by atomic mass is 14.9. The monoisotopic (exact) mass is 124 g/mol. The van der Waals surface area contributed by atoms with Crippen molar-refractivity contribution in [2.75, 3.05) is 0 Å². The standard InChI is InChI=1S/C7H10N.CH4/c1-7-5-3-4-6-8(7)2;/h3-6H,1-2H3;1H4/q+1;. The second kappa shape index (κ2) is 3.23. The highest BCUT2D eigenvalue weighted by molar-refractivity contribution is 4.93. The van der Waals surface area contributed by atoms with Gasteiger partial charge in [0, 0.05) is 19.1 Å². The fourth-order valence-corrected chi connectivity index (χ4v) is 0.609. The van der Waals surface area contributed by atoms with E-state index in [0.29, 0.717) is 0 Å². The molecule has 1 nitrogen and oxygen atoms in total. The highest BCUT2D eigenvalue weighted by Gasteiger charge is 1.91. The molecule has 0 unspecified atom stereocenters. The Bertz CT molecular complexity index is 161. The molecule has 9 heavy (non-hydrogen) atoms.